The van der Waals surface area contributed by atoms with Crippen LogP contribution >= 0.6 is 0 Å². The van der Waals surface area contributed by atoms with Crippen molar-refractivity contribution in [1.29, 1.82) is 0 Å². The highest BCUT2D eigenvalue weighted by atomic mass is 15.2. The van der Waals surface area contributed by atoms with E-state index in [-0.39, 0.29) is 0 Å². The molecule has 1 saturated carbocycles. The molecule has 3 aromatic heterocycles. The van der Waals surface area contributed by atoms with Crippen molar-refractivity contribution >= 4 is 5.65 Å². The van der Waals surface area contributed by atoms with Crippen molar-refractivity contribution in [2.45, 2.75) is 58.0 Å². The first-order valence-electron chi connectivity index (χ1n) is 10.4. The Kier molecular flexibility index (Phi) is 4.48. The van der Waals surface area contributed by atoms with Crippen molar-refractivity contribution in [3.05, 3.63) is 54.0 Å². The number of fused-ring (bicyclic) bond motifs is 1. The van der Waals surface area contributed by atoms with E-state index in [4.69, 9.17) is 9.97 Å². The van der Waals surface area contributed by atoms with E-state index >= 15 is 0 Å². The third-order valence-corrected chi connectivity index (χ3v) is 6.33. The molecule has 4 heterocycles. The Morgan fingerprint density at radius 2 is 2.04 bits per heavy atom. The Morgan fingerprint density at radius 3 is 2.89 bits per heavy atom. The second-order valence-corrected chi connectivity index (χ2v) is 8.51. The summed E-state index contributed by atoms with van der Waals surface area (Å²) in [6.45, 7) is 6.47. The molecular formula is C22H29N5. The Hall–Kier alpha value is -2.14. The minimum atomic E-state index is 0.549. The van der Waals surface area contributed by atoms with Gasteiger partial charge in [-0.05, 0) is 56.7 Å². The molecule has 0 unspecified atom stereocenters. The third kappa shape index (κ3) is 3.53. The Labute approximate surface area is 161 Å². The largest absolute Gasteiger partial charge is 0.334 e. The Morgan fingerprint density at radius 1 is 1.11 bits per heavy atom. The van der Waals surface area contributed by atoms with Gasteiger partial charge in [0.05, 0.1) is 5.69 Å². The number of pyridine rings is 1. The van der Waals surface area contributed by atoms with Crippen molar-refractivity contribution < 1.29 is 0 Å². The van der Waals surface area contributed by atoms with E-state index in [1.165, 1.54) is 49.2 Å². The van der Waals surface area contributed by atoms with Crippen LogP contribution in [0.5, 0.6) is 0 Å². The summed E-state index contributed by atoms with van der Waals surface area (Å²) in [5.41, 5.74) is 3.47. The highest BCUT2D eigenvalue weighted by Crippen LogP contribution is 2.31. The van der Waals surface area contributed by atoms with E-state index in [1.54, 1.807) is 0 Å². The lowest BCUT2D eigenvalue weighted by atomic mass is 9.85. The predicted octanol–water partition coefficient (Wildman–Crippen LogP) is 4.02. The van der Waals surface area contributed by atoms with Gasteiger partial charge in [-0.2, -0.15) is 0 Å². The van der Waals surface area contributed by atoms with Crippen LogP contribution in [-0.4, -0.2) is 36.9 Å². The van der Waals surface area contributed by atoms with Gasteiger partial charge < -0.3 is 8.97 Å². The van der Waals surface area contributed by atoms with Crippen LogP contribution in [0.1, 0.15) is 55.1 Å². The lowest BCUT2D eigenvalue weighted by molar-refractivity contribution is 0.190. The second-order valence-electron chi connectivity index (χ2n) is 8.51. The highest BCUT2D eigenvalue weighted by Gasteiger charge is 2.26. The fourth-order valence-electron chi connectivity index (χ4n) is 4.66. The van der Waals surface area contributed by atoms with Gasteiger partial charge in [-0.15, -0.1) is 0 Å². The molecule has 5 heteroatoms. The number of likely N-dealkylation sites (tertiary alicyclic amines) is 1. The minimum Gasteiger partial charge on any atom is -0.334 e. The Balaban J connectivity index is 1.28. The van der Waals surface area contributed by atoms with E-state index in [0.29, 0.717) is 5.92 Å². The van der Waals surface area contributed by atoms with Crippen molar-refractivity contribution in [2.24, 2.45) is 5.92 Å². The summed E-state index contributed by atoms with van der Waals surface area (Å²) in [5.74, 6) is 2.73. The van der Waals surface area contributed by atoms with E-state index in [9.17, 15) is 0 Å². The molecule has 5 nitrogen and oxygen atoms in total. The zero-order valence-electron chi connectivity index (χ0n) is 16.2. The smallest absolute Gasteiger partial charge is 0.137 e. The van der Waals surface area contributed by atoms with Crippen molar-refractivity contribution in [3.63, 3.8) is 0 Å². The normalized spacial score (nSPS) is 21.6. The van der Waals surface area contributed by atoms with E-state index < -0.39 is 0 Å². The Bertz CT molecular complexity index is 920. The summed E-state index contributed by atoms with van der Waals surface area (Å²) < 4.78 is 4.59. The van der Waals surface area contributed by atoms with Gasteiger partial charge in [0.25, 0.3) is 0 Å². The average Bonchev–Trinajstić information content (AvgIpc) is 3.24. The maximum Gasteiger partial charge on any atom is 0.137 e. The number of rotatable bonds is 5. The van der Waals surface area contributed by atoms with Gasteiger partial charge in [-0.1, -0.05) is 12.5 Å². The van der Waals surface area contributed by atoms with Crippen LogP contribution in [-0.2, 0) is 13.1 Å². The molecule has 0 radical (unpaired) electrons. The summed E-state index contributed by atoms with van der Waals surface area (Å²) in [7, 11) is 0. The molecule has 2 aliphatic rings. The monoisotopic (exact) mass is 363 g/mol. The van der Waals surface area contributed by atoms with Gasteiger partial charge >= 0.3 is 0 Å². The fourth-order valence-corrected chi connectivity index (χ4v) is 4.66. The third-order valence-electron chi connectivity index (χ3n) is 6.33. The topological polar surface area (TPSA) is 38.4 Å². The summed E-state index contributed by atoms with van der Waals surface area (Å²) in [6.07, 6.45) is 15.2. The summed E-state index contributed by atoms with van der Waals surface area (Å²) in [5, 5.41) is 0. The summed E-state index contributed by atoms with van der Waals surface area (Å²) >= 11 is 0. The van der Waals surface area contributed by atoms with Crippen molar-refractivity contribution in [2.75, 3.05) is 13.1 Å². The molecule has 0 bridgehead atoms. The van der Waals surface area contributed by atoms with Crippen LogP contribution in [0.4, 0.5) is 0 Å². The van der Waals surface area contributed by atoms with Crippen LogP contribution < -0.4 is 0 Å². The first-order valence-corrected chi connectivity index (χ1v) is 10.4. The molecule has 0 N–H and O–H groups in total. The zero-order chi connectivity index (χ0) is 18.2. The van der Waals surface area contributed by atoms with Crippen LogP contribution in [0, 0.1) is 12.8 Å². The molecule has 27 heavy (non-hydrogen) atoms. The van der Waals surface area contributed by atoms with Crippen LogP contribution in [0.15, 0.2) is 36.9 Å². The van der Waals surface area contributed by atoms with Crippen molar-refractivity contribution in [3.8, 4) is 0 Å². The number of hydrogen-bond acceptors (Lipinski definition) is 3. The molecule has 0 amide bonds. The van der Waals surface area contributed by atoms with Gasteiger partial charge in [0.15, 0.2) is 0 Å². The quantitative estimate of drug-likeness (QED) is 0.687. The van der Waals surface area contributed by atoms with E-state index in [1.807, 2.05) is 6.20 Å². The molecule has 5 rings (SSSR count). The second kappa shape index (κ2) is 7.12. The molecule has 1 aliphatic heterocycles. The number of aryl methyl sites for hydroxylation is 1. The summed E-state index contributed by atoms with van der Waals surface area (Å²) in [4.78, 5) is 12.1. The maximum absolute atomic E-state index is 4.81. The first-order chi connectivity index (χ1) is 13.2. The standard InChI is InChI=1S/C22H29N5/c1-17-7-8-21-24-20(16-27(21)12-17)15-25-10-3-6-19(14-25)22-23-9-11-26(22)13-18-4-2-5-18/h7-9,11-12,16,18-19H,2-6,10,13-15H2,1H3/t19-/m1/s1. The molecule has 1 saturated heterocycles. The van der Waals surface area contributed by atoms with Gasteiger partial charge in [0, 0.05) is 50.3 Å². The van der Waals surface area contributed by atoms with E-state index in [2.05, 4.69) is 51.5 Å². The number of nitrogens with zero attached hydrogens (tertiary/aromatic N) is 5. The average molecular weight is 364 g/mol. The minimum absolute atomic E-state index is 0.549. The molecule has 1 aliphatic carbocycles. The molecule has 0 spiro atoms. The van der Waals surface area contributed by atoms with Crippen LogP contribution in [0.2, 0.25) is 0 Å². The first kappa shape index (κ1) is 17.0. The van der Waals surface area contributed by atoms with Crippen LogP contribution in [0.3, 0.4) is 0 Å². The molecule has 1 atom stereocenters. The van der Waals surface area contributed by atoms with E-state index in [0.717, 1.165) is 37.7 Å². The van der Waals surface area contributed by atoms with Crippen molar-refractivity contribution in [1.82, 2.24) is 23.8 Å². The molecule has 142 valence electrons. The predicted molar refractivity (Wildman–Crippen MR) is 107 cm³/mol. The molecule has 2 fully saturated rings. The highest BCUT2D eigenvalue weighted by molar-refractivity contribution is 5.41. The number of piperidine rings is 1. The van der Waals surface area contributed by atoms with Gasteiger partial charge in [0.1, 0.15) is 11.5 Å². The lowest BCUT2D eigenvalue weighted by Crippen LogP contribution is -2.35. The molecular weight excluding hydrogens is 334 g/mol. The number of imidazole rings is 2. The summed E-state index contributed by atoms with van der Waals surface area (Å²) in [6, 6.07) is 4.24. The number of hydrogen-bond donors (Lipinski definition) is 0. The van der Waals surface area contributed by atoms with Gasteiger partial charge in [-0.3, -0.25) is 4.90 Å². The lowest BCUT2D eigenvalue weighted by Gasteiger charge is -2.33. The fraction of sp³-hybridized carbons (Fsp3) is 0.545. The zero-order valence-corrected chi connectivity index (χ0v) is 16.2. The number of aromatic nitrogens is 4. The maximum atomic E-state index is 4.81. The van der Waals surface area contributed by atoms with Crippen LogP contribution in [0.25, 0.3) is 5.65 Å². The molecule has 0 aromatic carbocycles. The SMILES string of the molecule is Cc1ccc2nc(CN3CCC[C@@H](c4nccn4CC4CCC4)C3)cn2c1. The van der Waals surface area contributed by atoms with Gasteiger partial charge in [0.2, 0.25) is 0 Å². The molecule has 3 aromatic rings. The van der Waals surface area contributed by atoms with Gasteiger partial charge in [-0.25, -0.2) is 9.97 Å².